The van der Waals surface area contributed by atoms with Gasteiger partial charge in [-0.15, -0.1) is 0 Å². The number of methoxy groups -OCH3 is 2. The van der Waals surface area contributed by atoms with Gasteiger partial charge < -0.3 is 14.8 Å². The summed E-state index contributed by atoms with van der Waals surface area (Å²) >= 11 is 0. The molecule has 1 aliphatic rings. The van der Waals surface area contributed by atoms with Crippen LogP contribution in [0.5, 0.6) is 11.5 Å². The van der Waals surface area contributed by atoms with Gasteiger partial charge in [0.2, 0.25) is 10.0 Å². The largest absolute Gasteiger partial charge is 0.493 e. The molecule has 1 amide bonds. The average Bonchev–Trinajstić information content (AvgIpc) is 2.67. The quantitative estimate of drug-likeness (QED) is 0.741. The topological polar surface area (TPSA) is 84.9 Å². The highest BCUT2D eigenvalue weighted by Crippen LogP contribution is 2.27. The van der Waals surface area contributed by atoms with Gasteiger partial charge in [0, 0.05) is 25.2 Å². The molecule has 0 aliphatic heterocycles. The molecule has 8 heteroatoms. The van der Waals surface area contributed by atoms with Crippen molar-refractivity contribution in [2.45, 2.75) is 38.1 Å². The highest BCUT2D eigenvalue weighted by molar-refractivity contribution is 7.89. The Balaban J connectivity index is 1.90. The third-order valence-corrected chi connectivity index (χ3v) is 6.71. The van der Waals surface area contributed by atoms with Crippen LogP contribution >= 0.6 is 0 Å². The van der Waals surface area contributed by atoms with Crippen LogP contribution in [0.25, 0.3) is 0 Å². The maximum Gasteiger partial charge on any atom is 0.251 e. The molecular weight excluding hydrogens is 356 g/mol. The monoisotopic (exact) mass is 384 g/mol. The van der Waals surface area contributed by atoms with Crippen LogP contribution < -0.4 is 14.8 Å². The van der Waals surface area contributed by atoms with E-state index in [1.54, 1.807) is 25.2 Å². The third-order valence-electron chi connectivity index (χ3n) is 4.82. The molecule has 1 aliphatic carbocycles. The molecule has 146 valence electrons. The van der Waals surface area contributed by atoms with Gasteiger partial charge in [-0.05, 0) is 31.0 Å². The Bertz CT molecular complexity index is 714. The Morgan fingerprint density at radius 2 is 1.81 bits per heavy atom. The van der Waals surface area contributed by atoms with Crippen LogP contribution in [-0.2, 0) is 10.0 Å². The molecule has 1 aromatic carbocycles. The number of benzene rings is 1. The minimum atomic E-state index is -3.39. The molecule has 1 aromatic rings. The van der Waals surface area contributed by atoms with Crippen LogP contribution in [0.15, 0.2) is 18.2 Å². The lowest BCUT2D eigenvalue weighted by Crippen LogP contribution is -2.42. The maximum atomic E-state index is 12.5. The van der Waals surface area contributed by atoms with Crippen molar-refractivity contribution >= 4 is 15.9 Å². The average molecular weight is 384 g/mol. The molecule has 0 radical (unpaired) electrons. The van der Waals surface area contributed by atoms with Gasteiger partial charge in [-0.3, -0.25) is 4.79 Å². The molecule has 0 saturated heterocycles. The zero-order valence-electron chi connectivity index (χ0n) is 15.7. The van der Waals surface area contributed by atoms with Crippen molar-refractivity contribution in [3.8, 4) is 11.5 Å². The van der Waals surface area contributed by atoms with Crippen LogP contribution in [-0.4, -0.2) is 58.2 Å². The number of rotatable bonds is 8. The van der Waals surface area contributed by atoms with E-state index in [0.717, 1.165) is 25.7 Å². The molecule has 0 atom stereocenters. The first-order valence-corrected chi connectivity index (χ1v) is 10.5. The molecule has 2 rings (SSSR count). The smallest absolute Gasteiger partial charge is 0.251 e. The Morgan fingerprint density at radius 3 is 2.42 bits per heavy atom. The van der Waals surface area contributed by atoms with Gasteiger partial charge in [-0.25, -0.2) is 12.7 Å². The summed E-state index contributed by atoms with van der Waals surface area (Å²) in [5.41, 5.74) is 0.390. The van der Waals surface area contributed by atoms with Gasteiger partial charge >= 0.3 is 0 Å². The lowest BCUT2D eigenvalue weighted by Gasteiger charge is -2.30. The minimum Gasteiger partial charge on any atom is -0.493 e. The van der Waals surface area contributed by atoms with E-state index in [1.807, 2.05) is 0 Å². The van der Waals surface area contributed by atoms with Gasteiger partial charge in [0.15, 0.2) is 11.5 Å². The SMILES string of the molecule is COc1ccc(C(=O)NCCS(=O)(=O)N(C)C2CCCCC2)cc1OC. The van der Waals surface area contributed by atoms with Crippen molar-refractivity contribution in [2.75, 3.05) is 33.6 Å². The predicted molar refractivity (Wildman–Crippen MR) is 100 cm³/mol. The van der Waals surface area contributed by atoms with E-state index in [4.69, 9.17) is 9.47 Å². The summed E-state index contributed by atoms with van der Waals surface area (Å²) in [7, 11) is 1.27. The van der Waals surface area contributed by atoms with E-state index < -0.39 is 10.0 Å². The van der Waals surface area contributed by atoms with Gasteiger partial charge in [0.1, 0.15) is 0 Å². The van der Waals surface area contributed by atoms with Gasteiger partial charge in [-0.2, -0.15) is 0 Å². The number of nitrogens with one attached hydrogen (secondary N) is 1. The van der Waals surface area contributed by atoms with Crippen molar-refractivity contribution in [2.24, 2.45) is 0 Å². The van der Waals surface area contributed by atoms with Crippen molar-refractivity contribution in [1.29, 1.82) is 0 Å². The molecule has 0 bridgehead atoms. The third kappa shape index (κ3) is 5.11. The van der Waals surface area contributed by atoms with E-state index in [-0.39, 0.29) is 24.2 Å². The molecule has 1 N–H and O–H groups in total. The summed E-state index contributed by atoms with van der Waals surface area (Å²) in [5, 5.41) is 2.66. The number of hydrogen-bond donors (Lipinski definition) is 1. The number of amides is 1. The normalized spacial score (nSPS) is 15.7. The molecule has 1 saturated carbocycles. The fraction of sp³-hybridized carbons (Fsp3) is 0.611. The summed E-state index contributed by atoms with van der Waals surface area (Å²) < 4.78 is 36.7. The summed E-state index contributed by atoms with van der Waals surface area (Å²) in [6.45, 7) is 0.0621. The standard InChI is InChI=1S/C18H28N2O5S/c1-20(15-7-5-4-6-8-15)26(22,23)12-11-19-18(21)14-9-10-16(24-2)17(13-14)25-3/h9-10,13,15H,4-8,11-12H2,1-3H3,(H,19,21). The molecule has 7 nitrogen and oxygen atoms in total. The number of hydrogen-bond acceptors (Lipinski definition) is 5. The van der Waals surface area contributed by atoms with Crippen LogP contribution in [0.3, 0.4) is 0 Å². The van der Waals surface area contributed by atoms with Crippen LogP contribution in [0, 0.1) is 0 Å². The summed E-state index contributed by atoms with van der Waals surface area (Å²) in [4.78, 5) is 12.3. The highest BCUT2D eigenvalue weighted by atomic mass is 32.2. The molecule has 0 unspecified atom stereocenters. The van der Waals surface area contributed by atoms with Crippen LogP contribution in [0.4, 0.5) is 0 Å². The first kappa shape index (κ1) is 20.5. The van der Waals surface area contributed by atoms with Crippen molar-refractivity contribution in [1.82, 2.24) is 9.62 Å². The van der Waals surface area contributed by atoms with Gasteiger partial charge in [0.25, 0.3) is 5.91 Å². The van der Waals surface area contributed by atoms with E-state index in [0.29, 0.717) is 17.1 Å². The summed E-state index contributed by atoms with van der Waals surface area (Å²) in [6.07, 6.45) is 5.13. The van der Waals surface area contributed by atoms with E-state index >= 15 is 0 Å². The minimum absolute atomic E-state index is 0.0621. The predicted octanol–water partition coefficient (Wildman–Crippen LogP) is 2.03. The lowest BCUT2D eigenvalue weighted by molar-refractivity contribution is 0.0955. The molecule has 0 aromatic heterocycles. The lowest BCUT2D eigenvalue weighted by atomic mass is 9.96. The maximum absolute atomic E-state index is 12.5. The number of nitrogens with zero attached hydrogens (tertiary/aromatic N) is 1. The van der Waals surface area contributed by atoms with E-state index in [9.17, 15) is 13.2 Å². The number of sulfonamides is 1. The number of carbonyl (C=O) groups excluding carboxylic acids is 1. The first-order chi connectivity index (χ1) is 12.4. The molecule has 0 heterocycles. The number of ether oxygens (including phenoxy) is 2. The summed E-state index contributed by atoms with van der Waals surface area (Å²) in [5.74, 6) is 0.519. The van der Waals surface area contributed by atoms with Crippen molar-refractivity contribution in [3.05, 3.63) is 23.8 Å². The Hall–Kier alpha value is -1.80. The first-order valence-electron chi connectivity index (χ1n) is 8.85. The van der Waals surface area contributed by atoms with Gasteiger partial charge in [-0.1, -0.05) is 19.3 Å². The number of carbonyl (C=O) groups is 1. The van der Waals surface area contributed by atoms with E-state index in [2.05, 4.69) is 5.32 Å². The summed E-state index contributed by atoms with van der Waals surface area (Å²) in [6, 6.07) is 4.90. The Morgan fingerprint density at radius 1 is 1.15 bits per heavy atom. The van der Waals surface area contributed by atoms with Crippen LogP contribution in [0.1, 0.15) is 42.5 Å². The highest BCUT2D eigenvalue weighted by Gasteiger charge is 2.27. The van der Waals surface area contributed by atoms with Crippen molar-refractivity contribution < 1.29 is 22.7 Å². The molecular formula is C18H28N2O5S. The second-order valence-electron chi connectivity index (χ2n) is 6.45. The Kier molecular flexibility index (Phi) is 7.28. The zero-order chi connectivity index (χ0) is 19.2. The van der Waals surface area contributed by atoms with Crippen LogP contribution in [0.2, 0.25) is 0 Å². The molecule has 26 heavy (non-hydrogen) atoms. The fourth-order valence-corrected chi connectivity index (χ4v) is 4.50. The van der Waals surface area contributed by atoms with E-state index in [1.165, 1.54) is 24.9 Å². The van der Waals surface area contributed by atoms with Gasteiger partial charge in [0.05, 0.1) is 20.0 Å². The Labute approximate surface area is 155 Å². The molecule has 0 spiro atoms. The second kappa shape index (κ2) is 9.23. The zero-order valence-corrected chi connectivity index (χ0v) is 16.5. The van der Waals surface area contributed by atoms with Crippen molar-refractivity contribution in [3.63, 3.8) is 0 Å². The molecule has 1 fully saturated rings. The second-order valence-corrected chi connectivity index (χ2v) is 8.60. The fourth-order valence-electron chi connectivity index (χ4n) is 3.19.